The molecular formula is C13H13ClN2S. The van der Waals surface area contributed by atoms with Gasteiger partial charge in [-0.15, -0.1) is 11.8 Å². The fraction of sp³-hybridized carbons (Fsp3) is 0.154. The lowest BCUT2D eigenvalue weighted by atomic mass is 10.3. The monoisotopic (exact) mass is 264 g/mol. The van der Waals surface area contributed by atoms with E-state index in [9.17, 15) is 0 Å². The maximum absolute atomic E-state index is 5.96. The minimum atomic E-state index is 0.618. The van der Waals surface area contributed by atoms with E-state index in [0.717, 1.165) is 22.8 Å². The van der Waals surface area contributed by atoms with Crippen molar-refractivity contribution in [2.24, 2.45) is 0 Å². The summed E-state index contributed by atoms with van der Waals surface area (Å²) in [6.45, 7) is 0. The Morgan fingerprint density at radius 2 is 2.12 bits per heavy atom. The van der Waals surface area contributed by atoms with Crippen molar-refractivity contribution < 1.29 is 0 Å². The van der Waals surface area contributed by atoms with Gasteiger partial charge >= 0.3 is 0 Å². The Bertz CT molecular complexity index is 488. The van der Waals surface area contributed by atoms with E-state index >= 15 is 0 Å². The molecule has 0 saturated heterocycles. The molecule has 0 aliphatic heterocycles. The first-order valence-electron chi connectivity index (χ1n) is 5.33. The first kappa shape index (κ1) is 12.3. The number of benzene rings is 1. The average Bonchev–Trinajstić information content (AvgIpc) is 2.35. The van der Waals surface area contributed by atoms with Crippen molar-refractivity contribution in [1.29, 1.82) is 0 Å². The summed E-state index contributed by atoms with van der Waals surface area (Å²) in [7, 11) is 0. The third-order valence-electron chi connectivity index (χ3n) is 2.32. The maximum Gasteiger partial charge on any atom is 0.0646 e. The largest absolute Gasteiger partial charge is 0.398 e. The van der Waals surface area contributed by atoms with Crippen LogP contribution in [0.5, 0.6) is 0 Å². The zero-order valence-electron chi connectivity index (χ0n) is 9.27. The van der Waals surface area contributed by atoms with Gasteiger partial charge < -0.3 is 5.73 Å². The maximum atomic E-state index is 5.96. The van der Waals surface area contributed by atoms with Gasteiger partial charge in [-0.25, -0.2) is 0 Å². The van der Waals surface area contributed by atoms with Gasteiger partial charge in [0.15, 0.2) is 0 Å². The van der Waals surface area contributed by atoms with Crippen molar-refractivity contribution in [3.8, 4) is 0 Å². The number of thioether (sulfide) groups is 1. The molecule has 0 aliphatic carbocycles. The van der Waals surface area contributed by atoms with E-state index in [2.05, 4.69) is 4.98 Å². The molecule has 0 saturated carbocycles. The quantitative estimate of drug-likeness (QED) is 0.677. The fourth-order valence-electron chi connectivity index (χ4n) is 1.42. The predicted molar refractivity (Wildman–Crippen MR) is 74.5 cm³/mol. The summed E-state index contributed by atoms with van der Waals surface area (Å²) in [5, 5.41) is 0.618. The molecule has 0 fully saturated rings. The number of pyridine rings is 1. The third-order valence-corrected chi connectivity index (χ3v) is 3.65. The second-order valence-electron chi connectivity index (χ2n) is 3.60. The summed E-state index contributed by atoms with van der Waals surface area (Å²) in [5.41, 5.74) is 7.40. The predicted octanol–water partition coefficient (Wildman–Crippen LogP) is 3.65. The Balaban J connectivity index is 1.88. The number of anilines is 1. The molecule has 0 radical (unpaired) electrons. The van der Waals surface area contributed by atoms with Crippen LogP contribution in [0.4, 0.5) is 5.69 Å². The number of nitrogens with zero attached hydrogens (tertiary/aromatic N) is 1. The molecule has 17 heavy (non-hydrogen) atoms. The first-order chi connectivity index (χ1) is 8.25. The third kappa shape index (κ3) is 3.65. The van der Waals surface area contributed by atoms with Crippen LogP contribution in [0.2, 0.25) is 5.02 Å². The summed E-state index contributed by atoms with van der Waals surface area (Å²) >= 11 is 7.72. The van der Waals surface area contributed by atoms with E-state index < -0.39 is 0 Å². The molecule has 0 amide bonds. The number of hydrogen-bond donors (Lipinski definition) is 1. The minimum Gasteiger partial charge on any atom is -0.398 e. The van der Waals surface area contributed by atoms with E-state index in [4.69, 9.17) is 17.3 Å². The molecule has 1 aromatic heterocycles. The molecule has 88 valence electrons. The van der Waals surface area contributed by atoms with Gasteiger partial charge in [-0.1, -0.05) is 17.7 Å². The van der Waals surface area contributed by atoms with Crippen molar-refractivity contribution in [3.63, 3.8) is 0 Å². The number of aryl methyl sites for hydroxylation is 1. The minimum absolute atomic E-state index is 0.618. The summed E-state index contributed by atoms with van der Waals surface area (Å²) in [4.78, 5) is 5.42. The van der Waals surface area contributed by atoms with Crippen molar-refractivity contribution in [3.05, 3.63) is 53.3 Å². The van der Waals surface area contributed by atoms with Crippen LogP contribution in [-0.2, 0) is 6.42 Å². The molecule has 0 bridgehead atoms. The van der Waals surface area contributed by atoms with Gasteiger partial charge in [-0.05, 0) is 36.8 Å². The molecular weight excluding hydrogens is 252 g/mol. The molecule has 1 aromatic carbocycles. The Morgan fingerprint density at radius 3 is 2.82 bits per heavy atom. The lowest BCUT2D eigenvalue weighted by Gasteiger charge is -2.03. The van der Waals surface area contributed by atoms with Crippen molar-refractivity contribution in [2.45, 2.75) is 11.3 Å². The highest BCUT2D eigenvalue weighted by molar-refractivity contribution is 7.99. The van der Waals surface area contributed by atoms with Crippen LogP contribution in [0.25, 0.3) is 0 Å². The summed E-state index contributed by atoms with van der Waals surface area (Å²) < 4.78 is 0. The van der Waals surface area contributed by atoms with Gasteiger partial charge in [0.05, 0.1) is 10.7 Å². The van der Waals surface area contributed by atoms with Crippen LogP contribution in [0.1, 0.15) is 5.69 Å². The van der Waals surface area contributed by atoms with Gasteiger partial charge in [0.2, 0.25) is 0 Å². The van der Waals surface area contributed by atoms with E-state index in [1.807, 2.05) is 42.6 Å². The number of rotatable bonds is 4. The van der Waals surface area contributed by atoms with Crippen LogP contribution in [0.3, 0.4) is 0 Å². The highest BCUT2D eigenvalue weighted by Crippen LogP contribution is 2.26. The molecule has 2 aromatic rings. The van der Waals surface area contributed by atoms with Crippen LogP contribution >= 0.6 is 23.4 Å². The summed E-state index contributed by atoms with van der Waals surface area (Å²) in [5.74, 6) is 0.983. The van der Waals surface area contributed by atoms with Crippen LogP contribution in [0, 0.1) is 0 Å². The normalized spacial score (nSPS) is 10.4. The highest BCUT2D eigenvalue weighted by Gasteiger charge is 2.00. The number of hydrogen-bond acceptors (Lipinski definition) is 3. The number of nitrogen functional groups attached to an aromatic ring is 1. The van der Waals surface area contributed by atoms with Crippen LogP contribution < -0.4 is 5.73 Å². The van der Waals surface area contributed by atoms with Gasteiger partial charge in [-0.3, -0.25) is 4.98 Å². The first-order valence-corrected chi connectivity index (χ1v) is 6.70. The molecule has 4 heteroatoms. The Kier molecular flexibility index (Phi) is 4.29. The summed E-state index contributed by atoms with van der Waals surface area (Å²) in [6.07, 6.45) is 2.77. The Morgan fingerprint density at radius 1 is 1.24 bits per heavy atom. The smallest absolute Gasteiger partial charge is 0.0646 e. The molecule has 2 rings (SSSR count). The second-order valence-corrected chi connectivity index (χ2v) is 5.18. The molecule has 0 spiro atoms. The summed E-state index contributed by atoms with van der Waals surface area (Å²) in [6, 6.07) is 11.7. The van der Waals surface area contributed by atoms with E-state index in [1.54, 1.807) is 11.8 Å². The van der Waals surface area contributed by atoms with Gasteiger partial charge in [-0.2, -0.15) is 0 Å². The van der Waals surface area contributed by atoms with Gasteiger partial charge in [0, 0.05) is 22.5 Å². The Hall–Kier alpha value is -1.19. The second kappa shape index (κ2) is 5.94. The molecule has 2 N–H and O–H groups in total. The SMILES string of the molecule is Nc1ccc(SCCc2ccccn2)cc1Cl. The van der Waals surface area contributed by atoms with E-state index in [-0.39, 0.29) is 0 Å². The van der Waals surface area contributed by atoms with E-state index in [0.29, 0.717) is 10.7 Å². The van der Waals surface area contributed by atoms with Crippen molar-refractivity contribution in [1.82, 2.24) is 4.98 Å². The molecule has 0 aliphatic rings. The van der Waals surface area contributed by atoms with Crippen LogP contribution in [-0.4, -0.2) is 10.7 Å². The zero-order chi connectivity index (χ0) is 12.1. The Labute approximate surface area is 110 Å². The van der Waals surface area contributed by atoms with E-state index in [1.165, 1.54) is 0 Å². The van der Waals surface area contributed by atoms with Crippen LogP contribution in [0.15, 0.2) is 47.5 Å². The number of halogens is 1. The molecule has 2 nitrogen and oxygen atoms in total. The lowest BCUT2D eigenvalue weighted by molar-refractivity contribution is 1.05. The topological polar surface area (TPSA) is 38.9 Å². The highest BCUT2D eigenvalue weighted by atomic mass is 35.5. The number of aromatic nitrogens is 1. The number of nitrogens with two attached hydrogens (primary N) is 1. The van der Waals surface area contributed by atoms with Gasteiger partial charge in [0.1, 0.15) is 0 Å². The van der Waals surface area contributed by atoms with Crippen molar-refractivity contribution >= 4 is 29.1 Å². The van der Waals surface area contributed by atoms with Crippen molar-refractivity contribution in [2.75, 3.05) is 11.5 Å². The molecule has 0 unspecified atom stereocenters. The van der Waals surface area contributed by atoms with Gasteiger partial charge in [0.25, 0.3) is 0 Å². The molecule has 0 atom stereocenters. The lowest BCUT2D eigenvalue weighted by Crippen LogP contribution is -1.91. The average molecular weight is 265 g/mol. The fourth-order valence-corrected chi connectivity index (χ4v) is 2.57. The molecule has 1 heterocycles. The standard InChI is InChI=1S/C13H13ClN2S/c14-12-9-11(4-5-13(12)15)17-8-6-10-3-1-2-7-16-10/h1-5,7,9H,6,8,15H2. The zero-order valence-corrected chi connectivity index (χ0v) is 10.8.